The van der Waals surface area contributed by atoms with Gasteiger partial charge in [-0.3, -0.25) is 0 Å². The summed E-state index contributed by atoms with van der Waals surface area (Å²) in [5, 5.41) is 2.35. The summed E-state index contributed by atoms with van der Waals surface area (Å²) >= 11 is 0. The predicted octanol–water partition coefficient (Wildman–Crippen LogP) is 4.76. The van der Waals surface area contributed by atoms with E-state index in [2.05, 4.69) is 24.8 Å². The topological polar surface area (TPSA) is 35.5 Å². The summed E-state index contributed by atoms with van der Waals surface area (Å²) in [6.45, 7) is 4.16. The average molecular weight is 318 g/mol. The van der Waals surface area contributed by atoms with Gasteiger partial charge in [-0.05, 0) is 34.5 Å². The van der Waals surface area contributed by atoms with Crippen LogP contribution in [0.3, 0.4) is 0 Å². The van der Waals surface area contributed by atoms with E-state index in [0.717, 1.165) is 5.56 Å². The van der Waals surface area contributed by atoms with E-state index in [-0.39, 0.29) is 12.6 Å². The SMILES string of the molecule is C=CCOC(=O)c1cccc(OCc2cccc3ccccc23)c1. The predicted molar refractivity (Wildman–Crippen MR) is 95.2 cm³/mol. The Kier molecular flexibility index (Phi) is 4.92. The smallest absolute Gasteiger partial charge is 0.338 e. The summed E-state index contributed by atoms with van der Waals surface area (Å²) in [6.07, 6.45) is 1.54. The molecule has 0 spiro atoms. The van der Waals surface area contributed by atoms with Gasteiger partial charge in [-0.1, -0.05) is 61.2 Å². The number of esters is 1. The fourth-order valence-corrected chi connectivity index (χ4v) is 2.51. The second-order valence-electron chi connectivity index (χ2n) is 5.34. The number of rotatable bonds is 6. The van der Waals surface area contributed by atoms with Crippen LogP contribution in [0, 0.1) is 0 Å². The van der Waals surface area contributed by atoms with E-state index in [9.17, 15) is 4.79 Å². The average Bonchev–Trinajstić information content (AvgIpc) is 2.64. The summed E-state index contributed by atoms with van der Waals surface area (Å²) in [5.74, 6) is 0.251. The minimum atomic E-state index is -0.384. The van der Waals surface area contributed by atoms with Gasteiger partial charge in [0.1, 0.15) is 19.0 Å². The van der Waals surface area contributed by atoms with Crippen LogP contribution in [0.25, 0.3) is 10.8 Å². The van der Waals surface area contributed by atoms with Gasteiger partial charge in [-0.25, -0.2) is 4.79 Å². The molecule has 0 unspecified atom stereocenters. The molecule has 0 N–H and O–H groups in total. The fourth-order valence-electron chi connectivity index (χ4n) is 2.51. The van der Waals surface area contributed by atoms with Gasteiger partial charge in [-0.2, -0.15) is 0 Å². The van der Waals surface area contributed by atoms with Gasteiger partial charge in [0.2, 0.25) is 0 Å². The molecule has 3 aromatic rings. The first-order chi connectivity index (χ1) is 11.8. The summed E-state index contributed by atoms with van der Waals surface area (Å²) in [6, 6.07) is 21.3. The molecule has 3 heteroatoms. The summed E-state index contributed by atoms with van der Waals surface area (Å²) in [4.78, 5) is 11.9. The van der Waals surface area contributed by atoms with Crippen LogP contribution < -0.4 is 4.74 Å². The third-order valence-electron chi connectivity index (χ3n) is 3.68. The highest BCUT2D eigenvalue weighted by molar-refractivity contribution is 5.90. The number of ether oxygens (including phenoxy) is 2. The Morgan fingerprint density at radius 3 is 2.67 bits per heavy atom. The van der Waals surface area contributed by atoms with Crippen LogP contribution in [0.4, 0.5) is 0 Å². The van der Waals surface area contributed by atoms with Crippen molar-refractivity contribution in [3.05, 3.63) is 90.5 Å². The van der Waals surface area contributed by atoms with Crippen molar-refractivity contribution in [1.29, 1.82) is 0 Å². The fraction of sp³-hybridized carbons (Fsp3) is 0.0952. The van der Waals surface area contributed by atoms with Crippen LogP contribution in [0.15, 0.2) is 79.4 Å². The molecule has 0 radical (unpaired) electrons. The number of hydrogen-bond donors (Lipinski definition) is 0. The van der Waals surface area contributed by atoms with Crippen molar-refractivity contribution in [2.75, 3.05) is 6.61 Å². The first-order valence-electron chi connectivity index (χ1n) is 7.75. The first kappa shape index (κ1) is 15.8. The highest BCUT2D eigenvalue weighted by Gasteiger charge is 2.08. The maximum Gasteiger partial charge on any atom is 0.338 e. The van der Waals surface area contributed by atoms with Gasteiger partial charge in [0, 0.05) is 0 Å². The van der Waals surface area contributed by atoms with Gasteiger partial charge in [0.25, 0.3) is 0 Å². The van der Waals surface area contributed by atoms with Crippen molar-refractivity contribution in [2.24, 2.45) is 0 Å². The maximum atomic E-state index is 11.9. The quantitative estimate of drug-likeness (QED) is 0.485. The van der Waals surface area contributed by atoms with Gasteiger partial charge < -0.3 is 9.47 Å². The Morgan fingerprint density at radius 1 is 1.00 bits per heavy atom. The van der Waals surface area contributed by atoms with Gasteiger partial charge >= 0.3 is 5.97 Å². The van der Waals surface area contributed by atoms with Gasteiger partial charge in [0.15, 0.2) is 0 Å². The zero-order valence-electron chi connectivity index (χ0n) is 13.3. The molecule has 24 heavy (non-hydrogen) atoms. The number of fused-ring (bicyclic) bond motifs is 1. The molecule has 0 fully saturated rings. The Bertz CT molecular complexity index is 862. The summed E-state index contributed by atoms with van der Waals surface area (Å²) in [5.41, 5.74) is 1.57. The van der Waals surface area contributed by atoms with Gasteiger partial charge in [0.05, 0.1) is 5.56 Å². The van der Waals surface area contributed by atoms with E-state index in [1.165, 1.54) is 10.8 Å². The molecule has 3 nitrogen and oxygen atoms in total. The monoisotopic (exact) mass is 318 g/mol. The molecule has 0 amide bonds. The van der Waals surface area contributed by atoms with Crippen LogP contribution in [-0.4, -0.2) is 12.6 Å². The van der Waals surface area contributed by atoms with E-state index < -0.39 is 0 Å². The summed E-state index contributed by atoms with van der Waals surface area (Å²) in [7, 11) is 0. The standard InChI is InChI=1S/C21H18O3/c1-2-13-23-21(22)17-9-6-11-19(14-17)24-15-18-10-5-8-16-7-3-4-12-20(16)18/h2-12,14H,1,13,15H2. The Balaban J connectivity index is 1.74. The second-order valence-corrected chi connectivity index (χ2v) is 5.34. The lowest BCUT2D eigenvalue weighted by atomic mass is 10.1. The molecule has 0 heterocycles. The largest absolute Gasteiger partial charge is 0.489 e. The first-order valence-corrected chi connectivity index (χ1v) is 7.75. The van der Waals surface area contributed by atoms with Crippen molar-refractivity contribution >= 4 is 16.7 Å². The van der Waals surface area contributed by atoms with Crippen LogP contribution in [0.5, 0.6) is 5.75 Å². The molecular formula is C21H18O3. The Morgan fingerprint density at radius 2 is 1.79 bits per heavy atom. The lowest BCUT2D eigenvalue weighted by Crippen LogP contribution is -2.05. The zero-order chi connectivity index (χ0) is 16.8. The Hall–Kier alpha value is -3.07. The van der Waals surface area contributed by atoms with E-state index >= 15 is 0 Å². The lowest BCUT2D eigenvalue weighted by Gasteiger charge is -2.10. The third-order valence-corrected chi connectivity index (χ3v) is 3.68. The molecule has 3 rings (SSSR count). The molecular weight excluding hydrogens is 300 g/mol. The molecule has 0 atom stereocenters. The molecule has 0 saturated carbocycles. The molecule has 0 aliphatic heterocycles. The molecule has 0 bridgehead atoms. The van der Waals surface area contributed by atoms with Crippen LogP contribution in [0.1, 0.15) is 15.9 Å². The molecule has 120 valence electrons. The minimum absolute atomic E-state index is 0.194. The van der Waals surface area contributed by atoms with Crippen molar-refractivity contribution in [3.8, 4) is 5.75 Å². The van der Waals surface area contributed by atoms with E-state index in [1.54, 1.807) is 24.3 Å². The van der Waals surface area contributed by atoms with E-state index in [0.29, 0.717) is 17.9 Å². The van der Waals surface area contributed by atoms with Crippen molar-refractivity contribution < 1.29 is 14.3 Å². The van der Waals surface area contributed by atoms with Crippen molar-refractivity contribution in [1.82, 2.24) is 0 Å². The zero-order valence-corrected chi connectivity index (χ0v) is 13.3. The number of hydrogen-bond acceptors (Lipinski definition) is 3. The molecule has 3 aromatic carbocycles. The number of carbonyl (C=O) groups is 1. The van der Waals surface area contributed by atoms with Crippen LogP contribution in [0.2, 0.25) is 0 Å². The third kappa shape index (κ3) is 3.63. The normalized spacial score (nSPS) is 10.3. The number of benzene rings is 3. The van der Waals surface area contributed by atoms with E-state index in [1.807, 2.05) is 30.3 Å². The van der Waals surface area contributed by atoms with E-state index in [4.69, 9.17) is 9.47 Å². The van der Waals surface area contributed by atoms with Crippen LogP contribution >= 0.6 is 0 Å². The number of carbonyl (C=O) groups excluding carboxylic acids is 1. The molecule has 0 aliphatic carbocycles. The lowest BCUT2D eigenvalue weighted by molar-refractivity contribution is 0.0549. The minimum Gasteiger partial charge on any atom is -0.489 e. The van der Waals surface area contributed by atoms with Crippen molar-refractivity contribution in [2.45, 2.75) is 6.61 Å². The summed E-state index contributed by atoms with van der Waals surface area (Å²) < 4.78 is 10.9. The van der Waals surface area contributed by atoms with Gasteiger partial charge in [-0.15, -0.1) is 0 Å². The molecule has 0 aromatic heterocycles. The highest BCUT2D eigenvalue weighted by Crippen LogP contribution is 2.21. The van der Waals surface area contributed by atoms with Crippen LogP contribution in [-0.2, 0) is 11.3 Å². The molecule has 0 saturated heterocycles. The second kappa shape index (κ2) is 7.47. The maximum absolute atomic E-state index is 11.9. The molecule has 0 aliphatic rings. The van der Waals surface area contributed by atoms with Crippen molar-refractivity contribution in [3.63, 3.8) is 0 Å². The highest BCUT2D eigenvalue weighted by atomic mass is 16.5. The Labute approximate surface area is 141 Å².